The van der Waals surface area contributed by atoms with Crippen LogP contribution in [0.15, 0.2) is 30.6 Å². The summed E-state index contributed by atoms with van der Waals surface area (Å²) in [4.78, 5) is 23.8. The molecule has 1 spiro atoms. The minimum Gasteiger partial charge on any atom is -0.370 e. The van der Waals surface area contributed by atoms with Gasteiger partial charge in [0, 0.05) is 55.6 Å². The fraction of sp³-hybridized carbons (Fsp3) is 0.524. The maximum atomic E-state index is 13.2. The number of rotatable bonds is 2. The van der Waals surface area contributed by atoms with E-state index >= 15 is 0 Å². The number of nitrogens with zero attached hydrogens (tertiary/aromatic N) is 3. The number of thiophene rings is 1. The van der Waals surface area contributed by atoms with Crippen molar-refractivity contribution in [2.24, 2.45) is 0 Å². The van der Waals surface area contributed by atoms with E-state index in [1.807, 2.05) is 29.4 Å². The van der Waals surface area contributed by atoms with Crippen LogP contribution >= 0.6 is 11.3 Å². The first kappa shape index (κ1) is 18.1. The number of piperazine rings is 1. The highest BCUT2D eigenvalue weighted by molar-refractivity contribution is 7.14. The summed E-state index contributed by atoms with van der Waals surface area (Å²) in [6.45, 7) is 5.97. The number of nitrogens with one attached hydrogen (secondary N) is 1. The van der Waals surface area contributed by atoms with Crippen LogP contribution in [0.25, 0.3) is 0 Å². The smallest absolute Gasteiger partial charge is 0.264 e. The molecule has 0 bridgehead atoms. The zero-order chi connectivity index (χ0) is 19.0. The Morgan fingerprint density at radius 1 is 1.14 bits per heavy atom. The monoisotopic (exact) mass is 398 g/mol. The Hall–Kier alpha value is -1.96. The molecule has 6 nitrogen and oxygen atoms in total. The van der Waals surface area contributed by atoms with Gasteiger partial charge in [-0.15, -0.1) is 11.3 Å². The second-order valence-corrected chi connectivity index (χ2v) is 8.91. The van der Waals surface area contributed by atoms with Gasteiger partial charge in [-0.05, 0) is 49.7 Å². The fourth-order valence-corrected chi connectivity index (χ4v) is 5.84. The predicted molar refractivity (Wildman–Crippen MR) is 110 cm³/mol. The first-order valence-corrected chi connectivity index (χ1v) is 11.0. The van der Waals surface area contributed by atoms with Gasteiger partial charge in [-0.2, -0.15) is 0 Å². The Labute approximate surface area is 169 Å². The zero-order valence-electron chi connectivity index (χ0n) is 16.0. The lowest BCUT2D eigenvalue weighted by atomic mass is 9.83. The van der Waals surface area contributed by atoms with Crippen molar-refractivity contribution in [3.8, 4) is 0 Å². The Morgan fingerprint density at radius 3 is 2.64 bits per heavy atom. The lowest BCUT2D eigenvalue weighted by Gasteiger charge is -2.40. The molecule has 2 aromatic rings. The van der Waals surface area contributed by atoms with Crippen molar-refractivity contribution in [2.45, 2.75) is 24.9 Å². The van der Waals surface area contributed by atoms with E-state index in [9.17, 15) is 4.79 Å². The van der Waals surface area contributed by atoms with Gasteiger partial charge < -0.3 is 19.9 Å². The van der Waals surface area contributed by atoms with Gasteiger partial charge in [0.05, 0.1) is 17.1 Å². The van der Waals surface area contributed by atoms with E-state index in [4.69, 9.17) is 4.74 Å². The van der Waals surface area contributed by atoms with Crippen LogP contribution < -0.4 is 10.2 Å². The minimum absolute atomic E-state index is 0.173. The Kier molecular flexibility index (Phi) is 4.82. The van der Waals surface area contributed by atoms with Crippen LogP contribution in [-0.2, 0) is 16.8 Å². The maximum Gasteiger partial charge on any atom is 0.264 e. The largest absolute Gasteiger partial charge is 0.370 e. The molecular formula is C21H26N4O2S. The second kappa shape index (κ2) is 7.46. The van der Waals surface area contributed by atoms with Gasteiger partial charge in [-0.1, -0.05) is 0 Å². The minimum atomic E-state index is -0.173. The number of carbonyl (C=O) groups is 1. The normalized spacial score (nSPS) is 21.6. The Balaban J connectivity index is 1.30. The summed E-state index contributed by atoms with van der Waals surface area (Å²) in [5, 5.41) is 3.43. The van der Waals surface area contributed by atoms with Crippen molar-refractivity contribution >= 4 is 22.9 Å². The van der Waals surface area contributed by atoms with Crippen LogP contribution in [0.3, 0.4) is 0 Å². The number of ether oxygens (including phenoxy) is 1. The van der Waals surface area contributed by atoms with Gasteiger partial charge in [-0.3, -0.25) is 9.78 Å². The summed E-state index contributed by atoms with van der Waals surface area (Å²) in [7, 11) is 0. The number of amides is 1. The topological polar surface area (TPSA) is 57.7 Å². The van der Waals surface area contributed by atoms with Crippen LogP contribution in [0, 0.1) is 0 Å². The van der Waals surface area contributed by atoms with Crippen LogP contribution in [0.2, 0.25) is 0 Å². The molecule has 1 amide bonds. The first-order valence-electron chi connectivity index (χ1n) is 10.2. The molecular weight excluding hydrogens is 372 g/mol. The van der Waals surface area contributed by atoms with E-state index < -0.39 is 0 Å². The number of hydrogen-bond acceptors (Lipinski definition) is 6. The summed E-state index contributed by atoms with van der Waals surface area (Å²) < 4.78 is 6.26. The van der Waals surface area contributed by atoms with E-state index in [0.29, 0.717) is 0 Å². The van der Waals surface area contributed by atoms with Gasteiger partial charge in [0.1, 0.15) is 0 Å². The molecule has 3 aliphatic heterocycles. The van der Waals surface area contributed by atoms with E-state index in [-0.39, 0.29) is 11.5 Å². The lowest BCUT2D eigenvalue weighted by Crippen LogP contribution is -2.48. The molecule has 7 heteroatoms. The average Bonchev–Trinajstić information content (AvgIpc) is 3.21. The molecule has 0 radical (unpaired) electrons. The number of pyridine rings is 1. The van der Waals surface area contributed by atoms with Crippen LogP contribution in [-0.4, -0.2) is 61.7 Å². The highest BCUT2D eigenvalue weighted by atomic mass is 32.1. The predicted octanol–water partition coefficient (Wildman–Crippen LogP) is 2.26. The summed E-state index contributed by atoms with van der Waals surface area (Å²) in [5.41, 5.74) is 2.29. The molecule has 0 aliphatic carbocycles. The van der Waals surface area contributed by atoms with Crippen molar-refractivity contribution in [1.29, 1.82) is 0 Å². The molecule has 2 aromatic heterocycles. The molecule has 148 valence electrons. The molecule has 2 saturated heterocycles. The molecule has 1 N–H and O–H groups in total. The molecule has 5 rings (SSSR count). The molecule has 3 aliphatic rings. The number of fused-ring (bicyclic) bond motifs is 2. The third kappa shape index (κ3) is 3.21. The van der Waals surface area contributed by atoms with Crippen LogP contribution in [0.1, 0.15) is 33.0 Å². The Morgan fingerprint density at radius 2 is 1.89 bits per heavy atom. The second-order valence-electron chi connectivity index (χ2n) is 7.77. The number of anilines is 1. The zero-order valence-corrected chi connectivity index (χ0v) is 16.8. The van der Waals surface area contributed by atoms with E-state index in [2.05, 4.69) is 21.3 Å². The third-order valence-electron chi connectivity index (χ3n) is 6.22. The summed E-state index contributed by atoms with van der Waals surface area (Å²) in [6, 6.07) is 6.20. The van der Waals surface area contributed by atoms with E-state index in [1.54, 1.807) is 11.3 Å². The van der Waals surface area contributed by atoms with Gasteiger partial charge in [-0.25, -0.2) is 0 Å². The average molecular weight is 399 g/mol. The lowest BCUT2D eigenvalue weighted by molar-refractivity contribution is -0.0792. The maximum absolute atomic E-state index is 13.2. The molecule has 2 fully saturated rings. The molecule has 0 aromatic carbocycles. The van der Waals surface area contributed by atoms with Gasteiger partial charge >= 0.3 is 0 Å². The number of aromatic nitrogens is 1. The van der Waals surface area contributed by atoms with E-state index in [1.165, 1.54) is 16.1 Å². The van der Waals surface area contributed by atoms with Crippen molar-refractivity contribution < 1.29 is 9.53 Å². The third-order valence-corrected chi connectivity index (χ3v) is 7.41. The molecule has 28 heavy (non-hydrogen) atoms. The van der Waals surface area contributed by atoms with Gasteiger partial charge in [0.2, 0.25) is 0 Å². The van der Waals surface area contributed by atoms with Crippen LogP contribution in [0.5, 0.6) is 0 Å². The quantitative estimate of drug-likeness (QED) is 0.841. The van der Waals surface area contributed by atoms with E-state index in [0.717, 1.165) is 70.0 Å². The van der Waals surface area contributed by atoms with Crippen molar-refractivity contribution in [3.05, 3.63) is 45.9 Å². The molecule has 5 heterocycles. The summed E-state index contributed by atoms with van der Waals surface area (Å²) in [5.74, 6) is 0.179. The van der Waals surface area contributed by atoms with Crippen LogP contribution in [0.4, 0.5) is 5.69 Å². The van der Waals surface area contributed by atoms with Gasteiger partial charge in [0.25, 0.3) is 5.91 Å². The standard InChI is InChI=1S/C21H26N4O2S/c26-20(25-12-10-24(11-13-25)16-1-6-22-7-2-16)19-15-17-18(28-19)3-14-27-21(17)4-8-23-9-5-21/h1-2,6-7,15,23H,3-5,8-14H2. The molecule has 0 atom stereocenters. The van der Waals surface area contributed by atoms with Gasteiger partial charge in [0.15, 0.2) is 0 Å². The summed E-state index contributed by atoms with van der Waals surface area (Å²) >= 11 is 1.69. The number of piperidine rings is 1. The fourth-order valence-electron chi connectivity index (χ4n) is 4.65. The molecule has 0 saturated carbocycles. The Bertz CT molecular complexity index is 839. The highest BCUT2D eigenvalue weighted by Gasteiger charge is 2.41. The number of carbonyl (C=O) groups excluding carboxylic acids is 1. The SMILES string of the molecule is O=C(c1cc2c(s1)CCOC21CCNCC1)N1CCN(c2ccncc2)CC1. The number of hydrogen-bond donors (Lipinski definition) is 1. The van der Waals surface area contributed by atoms with Crippen molar-refractivity contribution in [2.75, 3.05) is 50.8 Å². The van der Waals surface area contributed by atoms with Crippen molar-refractivity contribution in [3.63, 3.8) is 0 Å². The molecule has 0 unspecified atom stereocenters. The first-order chi connectivity index (χ1) is 13.8. The van der Waals surface area contributed by atoms with Crippen molar-refractivity contribution in [1.82, 2.24) is 15.2 Å². The summed E-state index contributed by atoms with van der Waals surface area (Å²) in [6.07, 6.45) is 6.56. The highest BCUT2D eigenvalue weighted by Crippen LogP contribution is 2.43.